The molecule has 0 atom stereocenters. The maximum Gasteiger partial charge on any atom is 0.337 e. The first kappa shape index (κ1) is 11.5. The molecule has 0 unspecified atom stereocenters. The second kappa shape index (κ2) is 4.24. The van der Waals surface area contributed by atoms with E-state index in [1.807, 2.05) is 0 Å². The number of benzene rings is 2. The summed E-state index contributed by atoms with van der Waals surface area (Å²) in [6.07, 6.45) is 0.780. The fourth-order valence-corrected chi connectivity index (χ4v) is 2.11. The topological polar surface area (TPSA) is 56.5 Å². The minimum absolute atomic E-state index is 0.400. The van der Waals surface area contributed by atoms with Gasteiger partial charge in [-0.25, -0.2) is 4.79 Å². The monoisotopic (exact) mass is 254 g/mol. The second-order valence-corrected chi connectivity index (χ2v) is 4.18. The molecule has 3 rings (SSSR count). The third kappa shape index (κ3) is 1.78. The average Bonchev–Trinajstić information content (AvgIpc) is 2.83. The minimum atomic E-state index is -0.400. The molecule has 0 bridgehead atoms. The van der Waals surface area contributed by atoms with E-state index in [1.54, 1.807) is 36.4 Å². The summed E-state index contributed by atoms with van der Waals surface area (Å²) in [7, 11) is 1.34. The Morgan fingerprint density at radius 2 is 1.79 bits per heavy atom. The van der Waals surface area contributed by atoms with Crippen molar-refractivity contribution in [1.29, 1.82) is 0 Å². The predicted molar refractivity (Wildman–Crippen MR) is 70.4 cm³/mol. The van der Waals surface area contributed by atoms with Gasteiger partial charge in [-0.15, -0.1) is 0 Å². The standard InChI is InChI=1S/C15H10O4/c1-18-15(17)10-3-5-14-12(7-10)11-6-9(8-16)2-4-13(11)19-14/h2-8H,1H3. The lowest BCUT2D eigenvalue weighted by molar-refractivity contribution is 0.0601. The molecule has 0 radical (unpaired) electrons. The Kier molecular flexibility index (Phi) is 2.56. The smallest absolute Gasteiger partial charge is 0.337 e. The van der Waals surface area contributed by atoms with Gasteiger partial charge < -0.3 is 9.15 Å². The Morgan fingerprint density at radius 1 is 1.11 bits per heavy atom. The van der Waals surface area contributed by atoms with Gasteiger partial charge in [0.05, 0.1) is 12.7 Å². The first-order valence-electron chi connectivity index (χ1n) is 5.73. The van der Waals surface area contributed by atoms with Gasteiger partial charge in [0.2, 0.25) is 0 Å². The van der Waals surface area contributed by atoms with Crippen molar-refractivity contribution in [3.8, 4) is 0 Å². The molecule has 0 saturated heterocycles. The average molecular weight is 254 g/mol. The van der Waals surface area contributed by atoms with Crippen molar-refractivity contribution in [2.24, 2.45) is 0 Å². The Hall–Kier alpha value is -2.62. The van der Waals surface area contributed by atoms with Gasteiger partial charge in [0.15, 0.2) is 0 Å². The molecule has 0 spiro atoms. The normalized spacial score (nSPS) is 10.8. The van der Waals surface area contributed by atoms with Gasteiger partial charge in [-0.2, -0.15) is 0 Å². The zero-order valence-corrected chi connectivity index (χ0v) is 10.2. The number of hydrogen-bond donors (Lipinski definition) is 0. The van der Waals surface area contributed by atoms with Gasteiger partial charge >= 0.3 is 5.97 Å². The van der Waals surface area contributed by atoms with Crippen molar-refractivity contribution in [3.05, 3.63) is 47.5 Å². The molecule has 1 aromatic heterocycles. The lowest BCUT2D eigenvalue weighted by Crippen LogP contribution is -2.00. The van der Waals surface area contributed by atoms with Gasteiger partial charge in [0, 0.05) is 16.3 Å². The zero-order valence-electron chi connectivity index (χ0n) is 10.2. The Bertz CT molecular complexity index is 798. The Morgan fingerprint density at radius 3 is 2.47 bits per heavy atom. The molecule has 4 nitrogen and oxygen atoms in total. The van der Waals surface area contributed by atoms with Gasteiger partial charge in [-0.05, 0) is 36.4 Å². The summed E-state index contributed by atoms with van der Waals surface area (Å²) in [6.45, 7) is 0. The summed E-state index contributed by atoms with van der Waals surface area (Å²) in [6, 6.07) is 10.3. The predicted octanol–water partition coefficient (Wildman–Crippen LogP) is 3.19. The van der Waals surface area contributed by atoms with E-state index in [1.165, 1.54) is 7.11 Å². The molecular weight excluding hydrogens is 244 g/mol. The van der Waals surface area contributed by atoms with Crippen molar-refractivity contribution in [3.63, 3.8) is 0 Å². The molecule has 0 aliphatic rings. The van der Waals surface area contributed by atoms with Gasteiger partial charge in [0.25, 0.3) is 0 Å². The van der Waals surface area contributed by atoms with Crippen LogP contribution in [-0.2, 0) is 4.74 Å². The zero-order chi connectivity index (χ0) is 13.4. The number of rotatable bonds is 2. The van der Waals surface area contributed by atoms with Crippen LogP contribution in [0, 0.1) is 0 Å². The molecule has 0 saturated carbocycles. The molecule has 94 valence electrons. The summed E-state index contributed by atoms with van der Waals surface area (Å²) >= 11 is 0. The summed E-state index contributed by atoms with van der Waals surface area (Å²) in [5, 5.41) is 1.60. The van der Waals surface area contributed by atoms with Crippen LogP contribution in [0.3, 0.4) is 0 Å². The molecule has 3 aromatic rings. The molecule has 4 heteroatoms. The van der Waals surface area contributed by atoms with Crippen LogP contribution >= 0.6 is 0 Å². The molecule has 2 aromatic carbocycles. The maximum atomic E-state index is 11.5. The van der Waals surface area contributed by atoms with Crippen LogP contribution in [0.1, 0.15) is 20.7 Å². The van der Waals surface area contributed by atoms with Crippen LogP contribution in [0.2, 0.25) is 0 Å². The van der Waals surface area contributed by atoms with Crippen molar-refractivity contribution in [2.45, 2.75) is 0 Å². The van der Waals surface area contributed by atoms with E-state index in [9.17, 15) is 9.59 Å². The number of fused-ring (bicyclic) bond motifs is 3. The molecule has 0 aliphatic carbocycles. The second-order valence-electron chi connectivity index (χ2n) is 4.18. The summed E-state index contributed by atoms with van der Waals surface area (Å²) < 4.78 is 10.3. The number of ether oxygens (including phenoxy) is 1. The van der Waals surface area contributed by atoms with Crippen molar-refractivity contribution >= 4 is 34.2 Å². The minimum Gasteiger partial charge on any atom is -0.465 e. The number of carbonyl (C=O) groups is 2. The number of esters is 1. The SMILES string of the molecule is COC(=O)c1ccc2oc3ccc(C=O)cc3c2c1. The molecule has 0 amide bonds. The van der Waals surface area contributed by atoms with E-state index in [-0.39, 0.29) is 0 Å². The molecule has 1 heterocycles. The summed E-state index contributed by atoms with van der Waals surface area (Å²) in [4.78, 5) is 22.4. The van der Waals surface area contributed by atoms with Crippen LogP contribution in [0.5, 0.6) is 0 Å². The maximum absolute atomic E-state index is 11.5. The van der Waals surface area contributed by atoms with Crippen LogP contribution < -0.4 is 0 Å². The Balaban J connectivity index is 2.32. The lowest BCUT2D eigenvalue weighted by atomic mass is 10.1. The number of methoxy groups -OCH3 is 1. The Labute approximate surface area is 108 Å². The van der Waals surface area contributed by atoms with E-state index in [0.717, 1.165) is 17.1 Å². The fourth-order valence-electron chi connectivity index (χ4n) is 2.11. The number of aldehydes is 1. The van der Waals surface area contributed by atoms with E-state index < -0.39 is 5.97 Å². The van der Waals surface area contributed by atoms with E-state index >= 15 is 0 Å². The van der Waals surface area contributed by atoms with E-state index in [0.29, 0.717) is 22.3 Å². The third-order valence-corrected chi connectivity index (χ3v) is 3.05. The first-order chi connectivity index (χ1) is 9.22. The highest BCUT2D eigenvalue weighted by Crippen LogP contribution is 2.30. The summed E-state index contributed by atoms with van der Waals surface area (Å²) in [5.74, 6) is -0.400. The van der Waals surface area contributed by atoms with Gasteiger partial charge in [0.1, 0.15) is 17.5 Å². The number of carbonyl (C=O) groups excluding carboxylic acids is 2. The van der Waals surface area contributed by atoms with Crippen molar-refractivity contribution in [1.82, 2.24) is 0 Å². The van der Waals surface area contributed by atoms with Gasteiger partial charge in [-0.3, -0.25) is 4.79 Å². The highest BCUT2D eigenvalue weighted by atomic mass is 16.5. The largest absolute Gasteiger partial charge is 0.465 e. The molecule has 19 heavy (non-hydrogen) atoms. The quantitative estimate of drug-likeness (QED) is 0.520. The van der Waals surface area contributed by atoms with E-state index in [4.69, 9.17) is 9.15 Å². The third-order valence-electron chi connectivity index (χ3n) is 3.05. The number of hydrogen-bond acceptors (Lipinski definition) is 4. The van der Waals surface area contributed by atoms with Crippen LogP contribution in [-0.4, -0.2) is 19.4 Å². The van der Waals surface area contributed by atoms with Crippen LogP contribution in [0.15, 0.2) is 40.8 Å². The number of furan rings is 1. The molecule has 0 N–H and O–H groups in total. The molecule has 0 aliphatic heterocycles. The molecule has 0 fully saturated rings. The highest BCUT2D eigenvalue weighted by Gasteiger charge is 2.11. The lowest BCUT2D eigenvalue weighted by Gasteiger charge is -1.98. The van der Waals surface area contributed by atoms with Crippen LogP contribution in [0.25, 0.3) is 21.9 Å². The first-order valence-corrected chi connectivity index (χ1v) is 5.73. The highest BCUT2D eigenvalue weighted by molar-refractivity contribution is 6.08. The van der Waals surface area contributed by atoms with E-state index in [2.05, 4.69) is 0 Å². The van der Waals surface area contributed by atoms with Crippen molar-refractivity contribution in [2.75, 3.05) is 7.11 Å². The van der Waals surface area contributed by atoms with Crippen molar-refractivity contribution < 1.29 is 18.7 Å². The van der Waals surface area contributed by atoms with Gasteiger partial charge in [-0.1, -0.05) is 0 Å². The summed E-state index contributed by atoms with van der Waals surface area (Å²) in [5.41, 5.74) is 2.38. The fraction of sp³-hybridized carbons (Fsp3) is 0.0667. The molecular formula is C15H10O4. The van der Waals surface area contributed by atoms with Crippen LogP contribution in [0.4, 0.5) is 0 Å².